The molecule has 0 aliphatic heterocycles. The Hall–Kier alpha value is -2.88. The number of nitrogens with zero attached hydrogens (tertiary/aromatic N) is 2. The standard InChI is InChI=1S/C26H25N2.C13H24O2.Ir/c1-25(2,3)15-18-14-17-12-13-27-23-20-11-10-16-8-6-7-9-19(16)22(20)26(4,5)24(28-18)21(17)23;1-5-10(6-2)12(14)9-13(15)11(7-3)8-4;/h6-10,12-14H,15H2,1-5H3;9-11,14H,5-8H2,1-4H3;/q-1;;/b;12-9-;. The fraction of sp³-hybridized carbons (Fsp3) is 0.462. The molecule has 237 valence electrons. The average Bonchev–Trinajstić information content (AvgIpc) is 2.96. The summed E-state index contributed by atoms with van der Waals surface area (Å²) in [5, 5.41) is 14.7. The maximum Gasteiger partial charge on any atom is 0.162 e. The van der Waals surface area contributed by atoms with Gasteiger partial charge in [-0.05, 0) is 71.5 Å². The van der Waals surface area contributed by atoms with Crippen LogP contribution in [0.2, 0.25) is 0 Å². The molecule has 0 unspecified atom stereocenters. The summed E-state index contributed by atoms with van der Waals surface area (Å²) < 4.78 is 0. The van der Waals surface area contributed by atoms with E-state index in [1.54, 1.807) is 0 Å². The fourth-order valence-electron chi connectivity index (χ4n) is 6.47. The molecule has 5 rings (SSSR count). The first-order chi connectivity index (χ1) is 20.4. The monoisotopic (exact) mass is 770 g/mol. The first-order valence-electron chi connectivity index (χ1n) is 16.0. The average molecular weight is 770 g/mol. The van der Waals surface area contributed by atoms with Crippen LogP contribution in [0.25, 0.3) is 32.8 Å². The minimum atomic E-state index is -0.213. The number of pyridine rings is 2. The second kappa shape index (κ2) is 14.5. The van der Waals surface area contributed by atoms with Gasteiger partial charge in [-0.25, -0.2) is 0 Å². The molecule has 1 N–H and O–H groups in total. The van der Waals surface area contributed by atoms with Crippen molar-refractivity contribution in [2.24, 2.45) is 17.3 Å². The number of rotatable bonds is 8. The van der Waals surface area contributed by atoms with E-state index in [2.05, 4.69) is 83.1 Å². The van der Waals surface area contributed by atoms with E-state index in [4.69, 9.17) is 9.97 Å². The zero-order valence-electron chi connectivity index (χ0n) is 28.0. The Bertz CT molecular complexity index is 1640. The third-order valence-corrected chi connectivity index (χ3v) is 8.90. The number of aliphatic hydroxyl groups excluding tert-OH is 1. The van der Waals surface area contributed by atoms with Gasteiger partial charge < -0.3 is 10.1 Å². The second-order valence-corrected chi connectivity index (χ2v) is 13.7. The number of aliphatic hydroxyl groups is 1. The van der Waals surface area contributed by atoms with Gasteiger partial charge in [0.05, 0.1) is 5.76 Å². The van der Waals surface area contributed by atoms with Crippen molar-refractivity contribution < 1.29 is 30.0 Å². The Morgan fingerprint density at radius 2 is 1.61 bits per heavy atom. The second-order valence-electron chi connectivity index (χ2n) is 13.7. The zero-order chi connectivity index (χ0) is 31.5. The van der Waals surface area contributed by atoms with Gasteiger partial charge in [0.1, 0.15) is 0 Å². The van der Waals surface area contributed by atoms with E-state index in [9.17, 15) is 9.90 Å². The first kappa shape index (κ1) is 35.6. The van der Waals surface area contributed by atoms with Crippen LogP contribution in [-0.2, 0) is 36.7 Å². The van der Waals surface area contributed by atoms with E-state index < -0.39 is 0 Å². The van der Waals surface area contributed by atoms with Crippen molar-refractivity contribution in [3.8, 4) is 11.3 Å². The van der Waals surface area contributed by atoms with Gasteiger partial charge in [-0.3, -0.25) is 9.78 Å². The first-order valence-corrected chi connectivity index (χ1v) is 16.0. The summed E-state index contributed by atoms with van der Waals surface area (Å²) in [5.41, 5.74) is 5.71. The zero-order valence-corrected chi connectivity index (χ0v) is 30.4. The topological polar surface area (TPSA) is 63.1 Å². The number of carbonyl (C=O) groups is 1. The molecule has 0 atom stereocenters. The van der Waals surface area contributed by atoms with Crippen LogP contribution < -0.4 is 0 Å². The molecule has 2 aromatic carbocycles. The van der Waals surface area contributed by atoms with Crippen LogP contribution in [0.4, 0.5) is 0 Å². The maximum absolute atomic E-state index is 11.7. The van der Waals surface area contributed by atoms with E-state index >= 15 is 0 Å². The molecule has 2 aromatic heterocycles. The van der Waals surface area contributed by atoms with Gasteiger partial charge in [-0.1, -0.05) is 97.4 Å². The van der Waals surface area contributed by atoms with Crippen molar-refractivity contribution in [3.05, 3.63) is 83.5 Å². The van der Waals surface area contributed by atoms with Crippen LogP contribution in [0, 0.1) is 23.3 Å². The number of benzene rings is 2. The number of allylic oxidation sites excluding steroid dienone is 2. The number of hydrogen-bond donors (Lipinski definition) is 1. The Labute approximate surface area is 278 Å². The Morgan fingerprint density at radius 1 is 0.977 bits per heavy atom. The smallest absolute Gasteiger partial charge is 0.162 e. The molecule has 2 heterocycles. The molecule has 0 bridgehead atoms. The molecule has 1 aliphatic rings. The fourth-order valence-corrected chi connectivity index (χ4v) is 6.47. The normalized spacial score (nSPS) is 13.8. The summed E-state index contributed by atoms with van der Waals surface area (Å²) in [6.45, 7) is 19.5. The van der Waals surface area contributed by atoms with Gasteiger partial charge >= 0.3 is 0 Å². The predicted molar refractivity (Wildman–Crippen MR) is 180 cm³/mol. The van der Waals surface area contributed by atoms with E-state index in [1.807, 2.05) is 33.9 Å². The van der Waals surface area contributed by atoms with Crippen molar-refractivity contribution in [1.29, 1.82) is 0 Å². The van der Waals surface area contributed by atoms with Gasteiger partial charge in [0.25, 0.3) is 0 Å². The van der Waals surface area contributed by atoms with Crippen LogP contribution in [-0.4, -0.2) is 20.9 Å². The minimum absolute atomic E-state index is 0. The van der Waals surface area contributed by atoms with Crippen LogP contribution in [0.15, 0.2) is 60.5 Å². The SMILES string of the molecule is CC(C)(C)Cc1cc2ccnc3c2c(n1)C(C)(C)c1c-3[c-]cc2ccccc12.CCC(CC)C(=O)/C=C(\O)C(CC)CC.[Ir]. The van der Waals surface area contributed by atoms with Gasteiger partial charge in [0.2, 0.25) is 0 Å². The summed E-state index contributed by atoms with van der Waals surface area (Å²) in [5.74, 6) is 0.547. The van der Waals surface area contributed by atoms with E-state index in [0.717, 1.165) is 54.7 Å². The summed E-state index contributed by atoms with van der Waals surface area (Å²) >= 11 is 0. The predicted octanol–water partition coefficient (Wildman–Crippen LogP) is 10.3. The molecule has 0 fully saturated rings. The van der Waals surface area contributed by atoms with Crippen molar-refractivity contribution in [2.75, 3.05) is 0 Å². The molecule has 0 amide bonds. The molecule has 1 aliphatic carbocycles. The number of hydrogen-bond acceptors (Lipinski definition) is 4. The minimum Gasteiger partial charge on any atom is -0.512 e. The van der Waals surface area contributed by atoms with E-state index in [-0.39, 0.29) is 54.3 Å². The van der Waals surface area contributed by atoms with Gasteiger partial charge in [-0.15, -0.1) is 23.3 Å². The van der Waals surface area contributed by atoms with E-state index in [0.29, 0.717) is 0 Å². The van der Waals surface area contributed by atoms with Crippen molar-refractivity contribution >= 4 is 27.3 Å². The van der Waals surface area contributed by atoms with Gasteiger partial charge in [-0.2, -0.15) is 0 Å². The Kier molecular flexibility index (Phi) is 11.7. The van der Waals surface area contributed by atoms with Crippen LogP contribution in [0.1, 0.15) is 105 Å². The number of ketones is 1. The summed E-state index contributed by atoms with van der Waals surface area (Å²) in [6, 6.07) is 18.6. The summed E-state index contributed by atoms with van der Waals surface area (Å²) in [4.78, 5) is 21.7. The number of fused-ring (bicyclic) bond motifs is 4. The molecule has 0 saturated heterocycles. The van der Waals surface area contributed by atoms with Crippen LogP contribution >= 0.6 is 0 Å². The van der Waals surface area contributed by atoms with Gasteiger partial charge in [0, 0.05) is 55.6 Å². The molecule has 0 spiro atoms. The molecule has 5 heteroatoms. The molecule has 4 nitrogen and oxygen atoms in total. The third kappa shape index (κ3) is 7.32. The number of carbonyl (C=O) groups excluding carboxylic acids is 1. The Balaban J connectivity index is 0.000000286. The maximum atomic E-state index is 11.7. The quantitative estimate of drug-likeness (QED) is 0.110. The molecular formula is C39H49IrN2O2-. The van der Waals surface area contributed by atoms with Crippen LogP contribution in [0.5, 0.6) is 0 Å². The molecule has 4 aromatic rings. The van der Waals surface area contributed by atoms with Crippen molar-refractivity contribution in [1.82, 2.24) is 9.97 Å². The van der Waals surface area contributed by atoms with Crippen molar-refractivity contribution in [2.45, 2.75) is 99.8 Å². The Morgan fingerprint density at radius 3 is 2.23 bits per heavy atom. The molecule has 1 radical (unpaired) electrons. The molecule has 44 heavy (non-hydrogen) atoms. The molecular weight excluding hydrogens is 721 g/mol. The number of aromatic nitrogens is 2. The van der Waals surface area contributed by atoms with Crippen LogP contribution in [0.3, 0.4) is 0 Å². The summed E-state index contributed by atoms with van der Waals surface area (Å²) in [6.07, 6.45) is 7.79. The molecule has 0 saturated carbocycles. The van der Waals surface area contributed by atoms with Crippen molar-refractivity contribution in [3.63, 3.8) is 0 Å². The third-order valence-electron chi connectivity index (χ3n) is 8.90. The van der Waals surface area contributed by atoms with Gasteiger partial charge in [0.15, 0.2) is 5.78 Å². The summed E-state index contributed by atoms with van der Waals surface area (Å²) in [7, 11) is 0. The van der Waals surface area contributed by atoms with E-state index in [1.165, 1.54) is 33.2 Å². The largest absolute Gasteiger partial charge is 0.512 e.